The third-order valence-electron chi connectivity index (χ3n) is 5.04. The van der Waals surface area contributed by atoms with Gasteiger partial charge in [0.05, 0.1) is 17.8 Å². The van der Waals surface area contributed by atoms with Gasteiger partial charge in [0, 0.05) is 31.5 Å². The third kappa shape index (κ3) is 4.42. The van der Waals surface area contributed by atoms with Crippen LogP contribution in [0, 0.1) is 20.8 Å². The van der Waals surface area contributed by atoms with Crippen molar-refractivity contribution in [3.8, 4) is 11.3 Å². The molecule has 0 aliphatic carbocycles. The summed E-state index contributed by atoms with van der Waals surface area (Å²) < 4.78 is 7.37. The number of benzene rings is 1. The Hall–Kier alpha value is -2.66. The normalized spacial score (nSPS) is 11.1. The van der Waals surface area contributed by atoms with Gasteiger partial charge in [0.1, 0.15) is 5.65 Å². The van der Waals surface area contributed by atoms with E-state index in [-0.39, 0.29) is 5.91 Å². The number of ether oxygens (including phenoxy) is 1. The van der Waals surface area contributed by atoms with Crippen molar-refractivity contribution in [3.63, 3.8) is 0 Å². The zero-order valence-corrected chi connectivity index (χ0v) is 17.2. The lowest BCUT2D eigenvalue weighted by Crippen LogP contribution is -2.27. The Morgan fingerprint density at radius 1 is 1.14 bits per heavy atom. The minimum atomic E-state index is 0.00453. The molecule has 0 fully saturated rings. The molecular formula is C23H29N3O2. The van der Waals surface area contributed by atoms with Crippen molar-refractivity contribution >= 4 is 11.6 Å². The van der Waals surface area contributed by atoms with Crippen LogP contribution in [0.4, 0.5) is 0 Å². The first-order valence-corrected chi connectivity index (χ1v) is 9.90. The van der Waals surface area contributed by atoms with Crippen molar-refractivity contribution in [1.82, 2.24) is 14.7 Å². The van der Waals surface area contributed by atoms with E-state index in [0.717, 1.165) is 34.6 Å². The molecule has 2 aromatic heterocycles. The first-order valence-electron chi connectivity index (χ1n) is 9.90. The number of amides is 1. The van der Waals surface area contributed by atoms with Gasteiger partial charge < -0.3 is 14.5 Å². The van der Waals surface area contributed by atoms with E-state index in [1.165, 1.54) is 11.1 Å². The van der Waals surface area contributed by atoms with Crippen molar-refractivity contribution < 1.29 is 9.53 Å². The highest BCUT2D eigenvalue weighted by molar-refractivity contribution is 5.82. The zero-order valence-electron chi connectivity index (χ0n) is 17.2. The smallest absolute Gasteiger partial charge is 0.226 e. The summed E-state index contributed by atoms with van der Waals surface area (Å²) in [5, 5.41) is 3.00. The summed E-state index contributed by atoms with van der Waals surface area (Å²) in [6, 6.07) is 10.4. The summed E-state index contributed by atoms with van der Waals surface area (Å²) in [7, 11) is 0. The first kappa shape index (κ1) is 20.1. The van der Waals surface area contributed by atoms with E-state index < -0.39 is 0 Å². The van der Waals surface area contributed by atoms with Gasteiger partial charge in [-0.05, 0) is 62.9 Å². The SMILES string of the molecule is CCOCCCNC(=O)Cc1c(-c2ccc(C)c(C)c2)nc2c(C)cccn12. The molecule has 148 valence electrons. The topological polar surface area (TPSA) is 55.6 Å². The Kier molecular flexibility index (Phi) is 6.47. The molecule has 0 aliphatic rings. The number of rotatable bonds is 8. The van der Waals surface area contributed by atoms with Crippen LogP contribution in [0.5, 0.6) is 0 Å². The molecule has 28 heavy (non-hydrogen) atoms. The second-order valence-electron chi connectivity index (χ2n) is 7.17. The van der Waals surface area contributed by atoms with Gasteiger partial charge in [-0.15, -0.1) is 0 Å². The van der Waals surface area contributed by atoms with Gasteiger partial charge in [-0.2, -0.15) is 0 Å². The van der Waals surface area contributed by atoms with E-state index in [4.69, 9.17) is 9.72 Å². The molecule has 5 nitrogen and oxygen atoms in total. The lowest BCUT2D eigenvalue weighted by Gasteiger charge is -2.09. The number of hydrogen-bond donors (Lipinski definition) is 1. The predicted octanol–water partition coefficient (Wildman–Crippen LogP) is 4.01. The van der Waals surface area contributed by atoms with Crippen LogP contribution in [-0.2, 0) is 16.0 Å². The average Bonchev–Trinajstić information content (AvgIpc) is 3.04. The fourth-order valence-corrected chi connectivity index (χ4v) is 3.30. The van der Waals surface area contributed by atoms with E-state index in [2.05, 4.69) is 37.4 Å². The molecule has 1 amide bonds. The summed E-state index contributed by atoms with van der Waals surface area (Å²) in [5.74, 6) is 0.00453. The van der Waals surface area contributed by atoms with Crippen LogP contribution in [0.2, 0.25) is 0 Å². The van der Waals surface area contributed by atoms with E-state index >= 15 is 0 Å². The second-order valence-corrected chi connectivity index (χ2v) is 7.17. The van der Waals surface area contributed by atoms with Crippen LogP contribution in [0.25, 0.3) is 16.9 Å². The Bertz CT molecular complexity index is 975. The lowest BCUT2D eigenvalue weighted by molar-refractivity contribution is -0.120. The number of fused-ring (bicyclic) bond motifs is 1. The summed E-state index contributed by atoms with van der Waals surface area (Å²) in [6.07, 6.45) is 3.09. The van der Waals surface area contributed by atoms with E-state index in [1.807, 2.05) is 36.6 Å². The number of aryl methyl sites for hydroxylation is 3. The number of imidazole rings is 1. The number of carbonyl (C=O) groups is 1. The number of nitrogens with one attached hydrogen (secondary N) is 1. The molecule has 0 atom stereocenters. The first-order chi connectivity index (χ1) is 13.5. The molecule has 0 radical (unpaired) electrons. The largest absolute Gasteiger partial charge is 0.382 e. The summed E-state index contributed by atoms with van der Waals surface area (Å²) >= 11 is 0. The van der Waals surface area contributed by atoms with Crippen molar-refractivity contribution in [2.24, 2.45) is 0 Å². The monoisotopic (exact) mass is 379 g/mol. The van der Waals surface area contributed by atoms with E-state index in [9.17, 15) is 4.79 Å². The van der Waals surface area contributed by atoms with E-state index in [0.29, 0.717) is 26.2 Å². The second kappa shape index (κ2) is 9.02. The molecule has 0 unspecified atom stereocenters. The number of pyridine rings is 1. The van der Waals surface area contributed by atoms with Crippen LogP contribution < -0.4 is 5.32 Å². The fourth-order valence-electron chi connectivity index (χ4n) is 3.30. The highest BCUT2D eigenvalue weighted by Crippen LogP contribution is 2.27. The Morgan fingerprint density at radius 2 is 1.96 bits per heavy atom. The number of carbonyl (C=O) groups excluding carboxylic acids is 1. The lowest BCUT2D eigenvalue weighted by atomic mass is 10.0. The van der Waals surface area contributed by atoms with Crippen LogP contribution in [0.15, 0.2) is 36.5 Å². The minimum Gasteiger partial charge on any atom is -0.382 e. The molecular weight excluding hydrogens is 350 g/mol. The third-order valence-corrected chi connectivity index (χ3v) is 5.04. The highest BCUT2D eigenvalue weighted by atomic mass is 16.5. The molecule has 0 aliphatic heterocycles. The van der Waals surface area contributed by atoms with Crippen molar-refractivity contribution in [3.05, 3.63) is 58.9 Å². The van der Waals surface area contributed by atoms with Crippen LogP contribution >= 0.6 is 0 Å². The Labute approximate surface area is 166 Å². The van der Waals surface area contributed by atoms with Gasteiger partial charge in [0.15, 0.2) is 0 Å². The van der Waals surface area contributed by atoms with Gasteiger partial charge in [0.2, 0.25) is 5.91 Å². The maximum Gasteiger partial charge on any atom is 0.226 e. The van der Waals surface area contributed by atoms with Gasteiger partial charge in [-0.25, -0.2) is 4.98 Å². The van der Waals surface area contributed by atoms with Crippen molar-refractivity contribution in [2.75, 3.05) is 19.8 Å². The zero-order chi connectivity index (χ0) is 20.1. The molecule has 0 saturated heterocycles. The minimum absolute atomic E-state index is 0.00453. The molecule has 0 bridgehead atoms. The summed E-state index contributed by atoms with van der Waals surface area (Å²) in [5.41, 5.74) is 7.30. The standard InChI is InChI=1S/C23H29N3O2/c1-5-28-13-7-11-24-21(27)15-20-22(19-10-9-16(2)18(4)14-19)25-23-17(3)8-6-12-26(20)23/h6,8-10,12,14H,5,7,11,13,15H2,1-4H3,(H,24,27). The fraction of sp³-hybridized carbons (Fsp3) is 0.391. The molecule has 3 aromatic rings. The predicted molar refractivity (Wildman–Crippen MR) is 113 cm³/mol. The maximum absolute atomic E-state index is 12.6. The molecule has 3 rings (SSSR count). The molecule has 1 N–H and O–H groups in total. The van der Waals surface area contributed by atoms with Gasteiger partial charge in [0.25, 0.3) is 0 Å². The number of hydrogen-bond acceptors (Lipinski definition) is 3. The van der Waals surface area contributed by atoms with Gasteiger partial charge in [-0.3, -0.25) is 4.79 Å². The molecule has 0 spiro atoms. The molecule has 0 saturated carbocycles. The quantitative estimate of drug-likeness (QED) is 0.602. The summed E-state index contributed by atoms with van der Waals surface area (Å²) in [4.78, 5) is 17.5. The average molecular weight is 380 g/mol. The Balaban J connectivity index is 1.90. The summed E-state index contributed by atoms with van der Waals surface area (Å²) in [6.45, 7) is 10.2. The Morgan fingerprint density at radius 3 is 2.71 bits per heavy atom. The van der Waals surface area contributed by atoms with Crippen molar-refractivity contribution in [2.45, 2.75) is 40.5 Å². The molecule has 5 heteroatoms. The van der Waals surface area contributed by atoms with Crippen LogP contribution in [-0.4, -0.2) is 35.1 Å². The van der Waals surface area contributed by atoms with Crippen LogP contribution in [0.3, 0.4) is 0 Å². The van der Waals surface area contributed by atoms with Gasteiger partial charge >= 0.3 is 0 Å². The number of nitrogens with zero attached hydrogens (tertiary/aromatic N) is 2. The van der Waals surface area contributed by atoms with E-state index in [1.54, 1.807) is 0 Å². The van der Waals surface area contributed by atoms with Crippen molar-refractivity contribution in [1.29, 1.82) is 0 Å². The maximum atomic E-state index is 12.6. The van der Waals surface area contributed by atoms with Crippen LogP contribution in [0.1, 0.15) is 35.7 Å². The molecule has 1 aromatic carbocycles. The molecule has 2 heterocycles. The highest BCUT2D eigenvalue weighted by Gasteiger charge is 2.18. The van der Waals surface area contributed by atoms with Gasteiger partial charge in [-0.1, -0.05) is 18.2 Å². The number of aromatic nitrogens is 2.